The molecule has 3 aromatic rings. The standard InChI is InChI=1S/C18H16ClN5/c1-2-12-7-9-13(10-8-12)16-11-17(14-5-3-4-6-15(14)19)24-18(20-16)21-22-23-24/h3-11,17H,2H2,1H3,(H,20,21,23)/t17-/m0/s1. The summed E-state index contributed by atoms with van der Waals surface area (Å²) < 4.78 is 1.74. The second-order valence-corrected chi connectivity index (χ2v) is 6.08. The molecule has 0 amide bonds. The third kappa shape index (κ3) is 2.57. The third-order valence-corrected chi connectivity index (χ3v) is 4.57. The molecule has 1 atom stereocenters. The van der Waals surface area contributed by atoms with Crippen molar-refractivity contribution >= 4 is 23.2 Å². The topological polar surface area (TPSA) is 55.6 Å². The zero-order valence-corrected chi connectivity index (χ0v) is 13.9. The minimum absolute atomic E-state index is 0.147. The molecule has 6 heteroatoms. The van der Waals surface area contributed by atoms with Crippen LogP contribution in [0.25, 0.3) is 5.70 Å². The first-order valence-electron chi connectivity index (χ1n) is 7.86. The van der Waals surface area contributed by atoms with E-state index in [1.54, 1.807) is 4.68 Å². The summed E-state index contributed by atoms with van der Waals surface area (Å²) >= 11 is 6.39. The van der Waals surface area contributed by atoms with Crippen LogP contribution in [0.4, 0.5) is 5.95 Å². The summed E-state index contributed by atoms with van der Waals surface area (Å²) in [6.07, 6.45) is 3.12. The molecule has 0 aliphatic carbocycles. The maximum Gasteiger partial charge on any atom is 0.248 e. The lowest BCUT2D eigenvalue weighted by atomic mass is 10.0. The van der Waals surface area contributed by atoms with E-state index >= 15 is 0 Å². The molecular weight excluding hydrogens is 322 g/mol. The zero-order chi connectivity index (χ0) is 16.5. The van der Waals surface area contributed by atoms with Gasteiger partial charge in [-0.25, -0.2) is 0 Å². The van der Waals surface area contributed by atoms with Gasteiger partial charge in [0.1, 0.15) is 6.04 Å². The number of nitrogens with zero attached hydrogens (tertiary/aromatic N) is 4. The van der Waals surface area contributed by atoms with E-state index in [9.17, 15) is 0 Å². The van der Waals surface area contributed by atoms with E-state index in [-0.39, 0.29) is 6.04 Å². The Bertz CT molecular complexity index is 898. The Balaban J connectivity index is 1.80. The number of rotatable bonds is 3. The zero-order valence-electron chi connectivity index (χ0n) is 13.1. The van der Waals surface area contributed by atoms with Crippen LogP contribution in [-0.4, -0.2) is 20.2 Å². The number of fused-ring (bicyclic) bond motifs is 1. The van der Waals surface area contributed by atoms with E-state index in [4.69, 9.17) is 11.6 Å². The van der Waals surface area contributed by atoms with E-state index in [0.29, 0.717) is 11.0 Å². The number of tetrazole rings is 1. The van der Waals surface area contributed by atoms with Crippen molar-refractivity contribution in [2.24, 2.45) is 0 Å². The van der Waals surface area contributed by atoms with Crippen LogP contribution < -0.4 is 5.32 Å². The lowest BCUT2D eigenvalue weighted by Gasteiger charge is -2.24. The number of halogens is 1. The average molecular weight is 338 g/mol. The number of nitrogens with one attached hydrogen (secondary N) is 1. The first kappa shape index (κ1) is 14.9. The smallest absolute Gasteiger partial charge is 0.248 e. The van der Waals surface area contributed by atoms with Gasteiger partial charge < -0.3 is 5.32 Å². The summed E-state index contributed by atoms with van der Waals surface area (Å²) in [6, 6.07) is 16.1. The number of aromatic nitrogens is 4. The molecule has 5 nitrogen and oxygen atoms in total. The van der Waals surface area contributed by atoms with E-state index in [1.807, 2.05) is 24.3 Å². The fourth-order valence-electron chi connectivity index (χ4n) is 2.88. The maximum absolute atomic E-state index is 6.39. The van der Waals surface area contributed by atoms with E-state index in [1.165, 1.54) is 5.56 Å². The van der Waals surface area contributed by atoms with Crippen LogP contribution in [0.15, 0.2) is 54.6 Å². The van der Waals surface area contributed by atoms with E-state index in [0.717, 1.165) is 23.2 Å². The summed E-state index contributed by atoms with van der Waals surface area (Å²) in [5.74, 6) is 0.608. The molecule has 1 aliphatic rings. The molecule has 1 N–H and O–H groups in total. The summed E-state index contributed by atoms with van der Waals surface area (Å²) in [6.45, 7) is 2.15. The lowest BCUT2D eigenvalue weighted by Crippen LogP contribution is -2.20. The highest BCUT2D eigenvalue weighted by molar-refractivity contribution is 6.31. The first-order chi connectivity index (χ1) is 11.8. The molecular formula is C18H16ClN5. The molecule has 0 bridgehead atoms. The minimum Gasteiger partial charge on any atom is -0.323 e. The maximum atomic E-state index is 6.39. The largest absolute Gasteiger partial charge is 0.323 e. The van der Waals surface area contributed by atoms with Crippen LogP contribution in [0.5, 0.6) is 0 Å². The molecule has 2 heterocycles. The number of hydrogen-bond donors (Lipinski definition) is 1. The van der Waals surface area contributed by atoms with Crippen LogP contribution in [-0.2, 0) is 6.42 Å². The predicted octanol–water partition coefficient (Wildman–Crippen LogP) is 3.94. The molecule has 0 saturated heterocycles. The molecule has 4 rings (SSSR count). The highest BCUT2D eigenvalue weighted by atomic mass is 35.5. The minimum atomic E-state index is -0.147. The fraction of sp³-hybridized carbons (Fsp3) is 0.167. The molecule has 0 saturated carbocycles. The molecule has 0 spiro atoms. The summed E-state index contributed by atoms with van der Waals surface area (Å²) in [4.78, 5) is 0. The van der Waals surface area contributed by atoms with Crippen LogP contribution >= 0.6 is 11.6 Å². The van der Waals surface area contributed by atoms with Crippen molar-refractivity contribution in [2.75, 3.05) is 5.32 Å². The van der Waals surface area contributed by atoms with Gasteiger partial charge in [0.15, 0.2) is 0 Å². The van der Waals surface area contributed by atoms with Gasteiger partial charge in [-0.3, -0.25) is 0 Å². The lowest BCUT2D eigenvalue weighted by molar-refractivity contribution is 0.586. The Morgan fingerprint density at radius 3 is 2.67 bits per heavy atom. The quantitative estimate of drug-likeness (QED) is 0.786. The molecule has 120 valence electrons. The summed E-state index contributed by atoms with van der Waals surface area (Å²) in [5.41, 5.74) is 4.35. The molecule has 0 radical (unpaired) electrons. The van der Waals surface area contributed by atoms with Gasteiger partial charge in [0.2, 0.25) is 5.95 Å². The number of allylic oxidation sites excluding steroid dienone is 1. The Morgan fingerprint density at radius 2 is 1.92 bits per heavy atom. The van der Waals surface area contributed by atoms with Crippen molar-refractivity contribution in [2.45, 2.75) is 19.4 Å². The Morgan fingerprint density at radius 1 is 1.12 bits per heavy atom. The Kier molecular flexibility index (Phi) is 3.78. The Hall–Kier alpha value is -2.66. The van der Waals surface area contributed by atoms with Crippen molar-refractivity contribution < 1.29 is 0 Å². The SMILES string of the molecule is CCc1ccc(C2=C[C@@H](c3ccccc3Cl)n3nnnc3N2)cc1. The first-order valence-corrected chi connectivity index (χ1v) is 8.24. The number of aryl methyl sites for hydroxylation is 1. The summed E-state index contributed by atoms with van der Waals surface area (Å²) in [7, 11) is 0. The number of benzene rings is 2. The fourth-order valence-corrected chi connectivity index (χ4v) is 3.13. The van der Waals surface area contributed by atoms with Crippen molar-refractivity contribution in [3.8, 4) is 0 Å². The van der Waals surface area contributed by atoms with Gasteiger partial charge in [-0.2, -0.15) is 4.68 Å². The van der Waals surface area contributed by atoms with E-state index < -0.39 is 0 Å². The predicted molar refractivity (Wildman–Crippen MR) is 94.8 cm³/mol. The molecule has 0 unspecified atom stereocenters. The summed E-state index contributed by atoms with van der Waals surface area (Å²) in [5, 5.41) is 16.0. The van der Waals surface area contributed by atoms with Gasteiger partial charge in [0.25, 0.3) is 0 Å². The van der Waals surface area contributed by atoms with E-state index in [2.05, 4.69) is 58.1 Å². The van der Waals surface area contributed by atoms with Gasteiger partial charge in [0.05, 0.1) is 0 Å². The monoisotopic (exact) mass is 337 g/mol. The van der Waals surface area contributed by atoms with Gasteiger partial charge >= 0.3 is 0 Å². The average Bonchev–Trinajstić information content (AvgIpc) is 3.10. The second-order valence-electron chi connectivity index (χ2n) is 5.67. The third-order valence-electron chi connectivity index (χ3n) is 4.22. The highest BCUT2D eigenvalue weighted by Crippen LogP contribution is 2.34. The van der Waals surface area contributed by atoms with Crippen molar-refractivity contribution in [3.63, 3.8) is 0 Å². The number of hydrogen-bond acceptors (Lipinski definition) is 4. The normalized spacial score (nSPS) is 16.2. The van der Waals surface area contributed by atoms with Crippen LogP contribution in [0.3, 0.4) is 0 Å². The molecule has 1 aliphatic heterocycles. The second kappa shape index (κ2) is 6.09. The van der Waals surface area contributed by atoms with Crippen molar-refractivity contribution in [3.05, 3.63) is 76.3 Å². The van der Waals surface area contributed by atoms with Gasteiger partial charge in [-0.05, 0) is 45.7 Å². The molecule has 2 aromatic carbocycles. The van der Waals surface area contributed by atoms with Gasteiger partial charge in [0, 0.05) is 10.7 Å². The molecule has 1 aromatic heterocycles. The number of anilines is 1. The molecule has 24 heavy (non-hydrogen) atoms. The Labute approximate surface area is 145 Å². The van der Waals surface area contributed by atoms with Crippen molar-refractivity contribution in [1.82, 2.24) is 20.2 Å². The molecule has 0 fully saturated rings. The van der Waals surface area contributed by atoms with Crippen LogP contribution in [0.1, 0.15) is 29.7 Å². The highest BCUT2D eigenvalue weighted by Gasteiger charge is 2.25. The van der Waals surface area contributed by atoms with Gasteiger partial charge in [-0.15, -0.1) is 0 Å². The van der Waals surface area contributed by atoms with Crippen LogP contribution in [0.2, 0.25) is 5.02 Å². The van der Waals surface area contributed by atoms with Crippen molar-refractivity contribution in [1.29, 1.82) is 0 Å². The van der Waals surface area contributed by atoms with Gasteiger partial charge in [-0.1, -0.05) is 66.1 Å². The van der Waals surface area contributed by atoms with Crippen LogP contribution in [0, 0.1) is 0 Å².